The van der Waals surface area contributed by atoms with E-state index in [9.17, 15) is 94.6 Å². The van der Waals surface area contributed by atoms with E-state index in [1.54, 1.807) is 32.6 Å². The van der Waals surface area contributed by atoms with Crippen LogP contribution in [0.3, 0.4) is 0 Å². The molecule has 0 aromatic heterocycles. The Morgan fingerprint density at radius 3 is 1.14 bits per heavy atom. The van der Waals surface area contributed by atoms with Gasteiger partial charge in [-0.3, -0.25) is 28.8 Å². The summed E-state index contributed by atoms with van der Waals surface area (Å²) >= 11 is 0. The van der Waals surface area contributed by atoms with Gasteiger partial charge in [-0.1, -0.05) is 96.1 Å². The molecule has 0 aliphatic carbocycles. The fraction of sp³-hybridized carbons (Fsp3) is 0.425. The third kappa shape index (κ3) is 16.9. The first kappa shape index (κ1) is 78.4. The van der Waals surface area contributed by atoms with Crippen molar-refractivity contribution in [2.75, 3.05) is 50.3 Å². The van der Waals surface area contributed by atoms with Crippen LogP contribution < -0.4 is 30.7 Å². The van der Waals surface area contributed by atoms with E-state index in [1.165, 1.54) is 15.9 Å². The Balaban J connectivity index is 0.000000211. The number of hydrogen-bond acceptors (Lipinski definition) is 6. The van der Waals surface area contributed by atoms with Crippen LogP contribution in [-0.4, -0.2) is 55.1 Å². The third-order valence-corrected chi connectivity index (χ3v) is 18.8. The van der Waals surface area contributed by atoms with E-state index in [0.717, 1.165) is 51.2 Å². The van der Waals surface area contributed by atoms with Crippen molar-refractivity contribution in [3.8, 4) is 0 Å². The van der Waals surface area contributed by atoms with Gasteiger partial charge in [0.05, 0.1) is 50.0 Å². The fourth-order valence-electron chi connectivity index (χ4n) is 13.5. The molecule has 100 heavy (non-hydrogen) atoms. The predicted octanol–water partition coefficient (Wildman–Crippen LogP) is 18.8. The molecular weight excluding hydrogens is 1340 g/mol. The molecule has 3 aliphatic rings. The first-order valence-corrected chi connectivity index (χ1v) is 31.8. The Kier molecular flexibility index (Phi) is 22.7. The lowest BCUT2D eigenvalue weighted by Crippen LogP contribution is -2.43. The predicted molar refractivity (Wildman–Crippen MR) is 350 cm³/mol. The van der Waals surface area contributed by atoms with Gasteiger partial charge < -0.3 is 30.7 Å². The third-order valence-electron chi connectivity index (χ3n) is 18.8. The smallest absolute Gasteiger partial charge is 0.326 e. The summed E-state index contributed by atoms with van der Waals surface area (Å²) in [5, 5.41) is 7.16. The molecular formula is C73H77F15N6O6. The molecule has 3 fully saturated rings. The normalized spacial score (nSPS) is 19.8. The molecule has 6 amide bonds. The number of anilines is 6. The lowest BCUT2D eigenvalue weighted by Gasteiger charge is -2.32. The van der Waals surface area contributed by atoms with Crippen molar-refractivity contribution in [3.05, 3.63) is 176 Å². The van der Waals surface area contributed by atoms with Crippen molar-refractivity contribution in [1.29, 1.82) is 0 Å². The number of benzene rings is 6. The van der Waals surface area contributed by atoms with Gasteiger partial charge in [-0.15, -0.1) is 0 Å². The van der Waals surface area contributed by atoms with Gasteiger partial charge in [-0.2, -0.15) is 65.9 Å². The summed E-state index contributed by atoms with van der Waals surface area (Å²) in [6.45, 7) is 23.3. The van der Waals surface area contributed by atoms with Gasteiger partial charge >= 0.3 is 30.9 Å². The van der Waals surface area contributed by atoms with Crippen LogP contribution >= 0.6 is 0 Å². The van der Waals surface area contributed by atoms with E-state index in [1.807, 2.05) is 117 Å². The van der Waals surface area contributed by atoms with Crippen LogP contribution in [0.5, 0.6) is 0 Å². The first-order valence-electron chi connectivity index (χ1n) is 31.8. The minimum Gasteiger partial charge on any atom is -0.326 e. The number of rotatable bonds is 13. The number of carbonyl (C=O) groups excluding carboxylic acids is 6. The van der Waals surface area contributed by atoms with Gasteiger partial charge in [0, 0.05) is 66.6 Å². The summed E-state index contributed by atoms with van der Waals surface area (Å²) < 4.78 is 198. The van der Waals surface area contributed by atoms with Crippen molar-refractivity contribution in [2.45, 2.75) is 147 Å². The molecule has 3 heterocycles. The minimum atomic E-state index is -5.04. The standard InChI is InChI=1S/C25H26F6N2O2.C24H24F6N2O2.C24H27F3N2O2/c1-14(2)11-23(12-20(34)33(13-23)21-15(3)6-5-7-16(21)4)22(35)32-19-9-17(24(26,27)28)8-18(10-19)25(29,30)31;1-13(2)22(11-19(33)32(12-22)20-14(3)6-5-7-15(20)4)21(34)31-18-9-16(23(25,26)27)8-17(10-18)24(28,29)30;1-6-23(22(31)28-19-11-14(2)10-18(12-19)24(25,26)27)13-29(21(30)17(23)5)20-15(3)8-7-9-16(20)4/h5-10,14H,11-13H2,1-4H3,(H,32,35);5-10,13H,11-12H2,1-4H3,(H,31,34);7-12,17H,6,13H2,1-5H3,(H,28,31)/t;;17-,23?/m..1/s1. The highest BCUT2D eigenvalue weighted by Gasteiger charge is 2.56. The highest BCUT2D eigenvalue weighted by atomic mass is 19.4. The van der Waals surface area contributed by atoms with Crippen molar-refractivity contribution in [3.63, 3.8) is 0 Å². The number of para-hydroxylation sites is 3. The second-order valence-corrected chi connectivity index (χ2v) is 26.9. The topological polar surface area (TPSA) is 148 Å². The van der Waals surface area contributed by atoms with Crippen LogP contribution in [0, 0.1) is 82.5 Å². The fourth-order valence-corrected chi connectivity index (χ4v) is 13.5. The summed E-state index contributed by atoms with van der Waals surface area (Å²) in [5.74, 6) is -3.99. The molecule has 12 nitrogen and oxygen atoms in total. The molecule has 3 unspecified atom stereocenters. The lowest BCUT2D eigenvalue weighted by molar-refractivity contribution is -0.144. The van der Waals surface area contributed by atoms with Gasteiger partial charge in [0.2, 0.25) is 35.4 Å². The zero-order chi connectivity index (χ0) is 75.1. The van der Waals surface area contributed by atoms with Crippen LogP contribution in [0.2, 0.25) is 0 Å². The summed E-state index contributed by atoms with van der Waals surface area (Å²) in [4.78, 5) is 84.0. The number of alkyl halides is 15. The molecule has 6 aromatic rings. The van der Waals surface area contributed by atoms with E-state index in [2.05, 4.69) is 16.0 Å². The van der Waals surface area contributed by atoms with Crippen molar-refractivity contribution in [2.24, 2.45) is 34.0 Å². The number of hydrogen-bond donors (Lipinski definition) is 3. The highest BCUT2D eigenvalue weighted by molar-refractivity contribution is 6.09. The molecule has 0 spiro atoms. The van der Waals surface area contributed by atoms with Crippen LogP contribution in [0.4, 0.5) is 100.0 Å². The summed E-state index contributed by atoms with van der Waals surface area (Å²) in [5.41, 5.74) is -4.27. The average molecular weight is 1420 g/mol. The maximum absolute atomic E-state index is 13.4. The van der Waals surface area contributed by atoms with Gasteiger partial charge in [-0.05, 0) is 167 Å². The second kappa shape index (κ2) is 29.0. The summed E-state index contributed by atoms with van der Waals surface area (Å²) in [7, 11) is 0. The molecule has 27 heteroatoms. The van der Waals surface area contributed by atoms with Crippen LogP contribution in [0.1, 0.15) is 134 Å². The van der Waals surface area contributed by atoms with E-state index in [0.29, 0.717) is 47.6 Å². The number of amides is 6. The Morgan fingerprint density at radius 1 is 0.450 bits per heavy atom. The van der Waals surface area contributed by atoms with E-state index in [-0.39, 0.29) is 80.4 Å². The van der Waals surface area contributed by atoms with Crippen molar-refractivity contribution in [1.82, 2.24) is 0 Å². The summed E-state index contributed by atoms with van der Waals surface area (Å²) in [6, 6.07) is 22.0. The van der Waals surface area contributed by atoms with Crippen molar-refractivity contribution >= 4 is 69.6 Å². The second-order valence-electron chi connectivity index (χ2n) is 26.9. The molecule has 3 aliphatic heterocycles. The first-order chi connectivity index (χ1) is 46.0. The minimum absolute atomic E-state index is 0.00132. The number of aryl methyl sites for hydroxylation is 7. The Labute approximate surface area is 569 Å². The maximum Gasteiger partial charge on any atom is 0.416 e. The largest absolute Gasteiger partial charge is 0.416 e. The Hall–Kier alpha value is -8.91. The Bertz CT molecular complexity index is 4000. The zero-order valence-corrected chi connectivity index (χ0v) is 57.0. The van der Waals surface area contributed by atoms with Crippen molar-refractivity contribution < 1.29 is 94.6 Å². The number of halogens is 15. The van der Waals surface area contributed by atoms with Gasteiger partial charge in [-0.25, -0.2) is 0 Å². The number of carbonyl (C=O) groups is 6. The van der Waals surface area contributed by atoms with Gasteiger partial charge in [0.15, 0.2) is 0 Å². The molecule has 4 atom stereocenters. The molecule has 0 radical (unpaired) electrons. The highest BCUT2D eigenvalue weighted by Crippen LogP contribution is 2.49. The molecule has 3 saturated heterocycles. The average Bonchev–Trinajstić information content (AvgIpc) is 1.60. The number of nitrogens with one attached hydrogen (secondary N) is 3. The summed E-state index contributed by atoms with van der Waals surface area (Å²) in [6.07, 6.45) is -24.5. The molecule has 3 N–H and O–H groups in total. The van der Waals surface area contributed by atoms with Gasteiger partial charge in [0.25, 0.3) is 0 Å². The quantitative estimate of drug-likeness (QED) is 0.0981. The molecule has 6 aromatic carbocycles. The molecule has 0 bridgehead atoms. The maximum atomic E-state index is 13.4. The SMILES string of the molecule is CCC1(C(=O)Nc2cc(C)cc(C(F)(F)F)c2)CN(c2c(C)cccc2C)C(=O)[C@H]1C.Cc1cccc(C)c1N1CC(C(=O)Nc2cc(C(F)(F)F)cc(C(F)(F)F)c2)(C(C)C)CC1=O.Cc1cccc(C)c1N1CC(CC(C)C)(C(=O)Nc2cc(C(F)(F)F)cc(C(F)(F)F)c2)CC1=O. The molecule has 9 rings (SSSR count). The molecule has 0 saturated carbocycles. The lowest BCUT2D eigenvalue weighted by atomic mass is 9.75. The van der Waals surface area contributed by atoms with Gasteiger partial charge in [0.1, 0.15) is 0 Å². The van der Waals surface area contributed by atoms with Crippen LogP contribution in [0.25, 0.3) is 0 Å². The Morgan fingerprint density at radius 2 is 0.780 bits per heavy atom. The van der Waals surface area contributed by atoms with Crippen LogP contribution in [0.15, 0.2) is 109 Å². The van der Waals surface area contributed by atoms with Crippen LogP contribution in [-0.2, 0) is 59.6 Å². The van der Waals surface area contributed by atoms with E-state index >= 15 is 0 Å². The molecule has 540 valence electrons. The zero-order valence-electron chi connectivity index (χ0n) is 57.0. The monoisotopic (exact) mass is 1420 g/mol. The number of nitrogens with zero attached hydrogens (tertiary/aromatic N) is 3. The van der Waals surface area contributed by atoms with E-state index in [4.69, 9.17) is 0 Å². The van der Waals surface area contributed by atoms with E-state index < -0.39 is 116 Å².